The van der Waals surface area contributed by atoms with Crippen molar-refractivity contribution in [3.8, 4) is 0 Å². The zero-order valence-electron chi connectivity index (χ0n) is 15.8. The maximum absolute atomic E-state index is 12.6. The molecule has 2 N–H and O–H groups in total. The maximum atomic E-state index is 12.6. The van der Waals surface area contributed by atoms with E-state index in [1.165, 1.54) is 21.6 Å². The molecule has 25 heavy (non-hydrogen) atoms. The van der Waals surface area contributed by atoms with Crippen molar-refractivity contribution in [3.05, 3.63) is 24.4 Å². The van der Waals surface area contributed by atoms with E-state index in [0.29, 0.717) is 6.42 Å². The number of pyridine rings is 1. The Hall–Kier alpha value is -1.21. The van der Waals surface area contributed by atoms with E-state index in [1.54, 1.807) is 6.20 Å². The summed E-state index contributed by atoms with van der Waals surface area (Å²) in [6, 6.07) is 5.82. The summed E-state index contributed by atoms with van der Waals surface area (Å²) in [5.74, 6) is -0.0814. The average Bonchev–Trinajstić information content (AvgIpc) is 2.51. The number of carbonyl (C=O) groups excluding carboxylic acids is 2. The van der Waals surface area contributed by atoms with E-state index < -0.39 is 5.41 Å². The SMILES string of the molecule is CC(C)NC(=O)C(CC(C)(C)C(=O)NC(C)C)SSc1ccccn1. The van der Waals surface area contributed by atoms with Crippen molar-refractivity contribution in [1.82, 2.24) is 15.6 Å². The van der Waals surface area contributed by atoms with Crippen molar-refractivity contribution in [2.75, 3.05) is 0 Å². The number of hydrogen-bond donors (Lipinski definition) is 2. The van der Waals surface area contributed by atoms with Gasteiger partial charge in [-0.25, -0.2) is 4.98 Å². The van der Waals surface area contributed by atoms with Crippen LogP contribution in [-0.4, -0.2) is 34.1 Å². The lowest BCUT2D eigenvalue weighted by Gasteiger charge is -2.29. The van der Waals surface area contributed by atoms with E-state index in [2.05, 4.69) is 15.6 Å². The van der Waals surface area contributed by atoms with E-state index in [-0.39, 0.29) is 29.1 Å². The predicted octanol–water partition coefficient (Wildman–Crippen LogP) is 3.66. The van der Waals surface area contributed by atoms with Gasteiger partial charge in [0.05, 0.1) is 5.25 Å². The topological polar surface area (TPSA) is 71.1 Å². The van der Waals surface area contributed by atoms with Gasteiger partial charge in [-0.3, -0.25) is 9.59 Å². The van der Waals surface area contributed by atoms with Gasteiger partial charge in [-0.05, 0) is 57.0 Å². The first-order chi connectivity index (χ1) is 11.6. The standard InChI is InChI=1S/C18H29N3O2S2/c1-12(2)20-16(22)14(24-25-15-9-7-8-10-19-15)11-18(5,6)17(23)21-13(3)4/h7-10,12-14H,11H2,1-6H3,(H,20,22)(H,21,23). The second-order valence-electron chi connectivity index (χ2n) is 7.22. The molecule has 0 aliphatic rings. The lowest BCUT2D eigenvalue weighted by atomic mass is 9.86. The van der Waals surface area contributed by atoms with Crippen LogP contribution in [-0.2, 0) is 9.59 Å². The van der Waals surface area contributed by atoms with Crippen LogP contribution >= 0.6 is 21.6 Å². The number of rotatable bonds is 9. The van der Waals surface area contributed by atoms with Crippen molar-refractivity contribution in [2.45, 2.75) is 70.3 Å². The summed E-state index contributed by atoms with van der Waals surface area (Å²) in [6.45, 7) is 11.5. The van der Waals surface area contributed by atoms with E-state index in [9.17, 15) is 9.59 Å². The first-order valence-electron chi connectivity index (χ1n) is 8.47. The summed E-state index contributed by atoms with van der Waals surface area (Å²) in [7, 11) is 2.91. The van der Waals surface area contributed by atoms with Gasteiger partial charge in [0, 0.05) is 23.7 Å². The van der Waals surface area contributed by atoms with E-state index in [4.69, 9.17) is 0 Å². The van der Waals surface area contributed by atoms with Crippen LogP contribution in [0.2, 0.25) is 0 Å². The van der Waals surface area contributed by atoms with Crippen LogP contribution in [0.15, 0.2) is 29.4 Å². The van der Waals surface area contributed by atoms with Crippen LogP contribution in [0.25, 0.3) is 0 Å². The lowest BCUT2D eigenvalue weighted by molar-refractivity contribution is -0.130. The third-order valence-corrected chi connectivity index (χ3v) is 5.96. The number of nitrogens with zero attached hydrogens (tertiary/aromatic N) is 1. The molecule has 1 aromatic rings. The van der Waals surface area contributed by atoms with Crippen LogP contribution < -0.4 is 10.6 Å². The van der Waals surface area contributed by atoms with Crippen LogP contribution in [0.4, 0.5) is 0 Å². The Bertz CT molecular complexity index is 563. The van der Waals surface area contributed by atoms with E-state index in [0.717, 1.165) is 5.03 Å². The molecular weight excluding hydrogens is 354 g/mol. The smallest absolute Gasteiger partial charge is 0.234 e. The Kier molecular flexibility index (Phi) is 8.79. The molecule has 1 aromatic heterocycles. The maximum Gasteiger partial charge on any atom is 0.234 e. The van der Waals surface area contributed by atoms with E-state index in [1.807, 2.05) is 59.7 Å². The van der Waals surface area contributed by atoms with Crippen LogP contribution in [0.3, 0.4) is 0 Å². The van der Waals surface area contributed by atoms with Gasteiger partial charge < -0.3 is 10.6 Å². The van der Waals surface area contributed by atoms with Crippen molar-refractivity contribution in [1.29, 1.82) is 0 Å². The van der Waals surface area contributed by atoms with Gasteiger partial charge in [-0.1, -0.05) is 30.7 Å². The Morgan fingerprint density at radius 2 is 1.76 bits per heavy atom. The molecule has 0 spiro atoms. The summed E-state index contributed by atoms with van der Waals surface area (Å²) in [4.78, 5) is 29.3. The molecule has 140 valence electrons. The van der Waals surface area contributed by atoms with Gasteiger partial charge >= 0.3 is 0 Å². The largest absolute Gasteiger partial charge is 0.353 e. The van der Waals surface area contributed by atoms with Crippen molar-refractivity contribution in [3.63, 3.8) is 0 Å². The van der Waals surface area contributed by atoms with Gasteiger partial charge in [0.25, 0.3) is 0 Å². The van der Waals surface area contributed by atoms with Crippen molar-refractivity contribution >= 4 is 33.4 Å². The lowest BCUT2D eigenvalue weighted by Crippen LogP contribution is -2.45. The summed E-state index contributed by atoms with van der Waals surface area (Å²) in [5, 5.41) is 6.40. The molecule has 0 saturated carbocycles. The minimum Gasteiger partial charge on any atom is -0.353 e. The Balaban J connectivity index is 2.82. The molecule has 0 aliphatic heterocycles. The first kappa shape index (κ1) is 21.8. The minimum absolute atomic E-state index is 0.0340. The highest BCUT2D eigenvalue weighted by Crippen LogP contribution is 2.38. The van der Waals surface area contributed by atoms with Gasteiger partial charge in [0.15, 0.2) is 0 Å². The molecule has 1 atom stereocenters. The number of hydrogen-bond acceptors (Lipinski definition) is 5. The van der Waals surface area contributed by atoms with Gasteiger partial charge in [-0.15, -0.1) is 0 Å². The molecule has 0 radical (unpaired) electrons. The van der Waals surface area contributed by atoms with E-state index >= 15 is 0 Å². The first-order valence-corrected chi connectivity index (χ1v) is 10.7. The molecule has 2 amide bonds. The molecule has 1 unspecified atom stereocenters. The second-order valence-corrected chi connectivity index (χ2v) is 9.64. The highest BCUT2D eigenvalue weighted by atomic mass is 33.1. The Morgan fingerprint density at radius 1 is 1.12 bits per heavy atom. The number of carbonyl (C=O) groups is 2. The average molecular weight is 384 g/mol. The van der Waals surface area contributed by atoms with Crippen molar-refractivity contribution in [2.24, 2.45) is 5.41 Å². The van der Waals surface area contributed by atoms with Crippen LogP contribution in [0, 0.1) is 5.41 Å². The van der Waals surface area contributed by atoms with Crippen molar-refractivity contribution < 1.29 is 9.59 Å². The van der Waals surface area contributed by atoms with Crippen LogP contribution in [0.1, 0.15) is 48.0 Å². The summed E-state index contributed by atoms with van der Waals surface area (Å²) in [5.41, 5.74) is -0.638. The third kappa shape index (κ3) is 8.14. The second kappa shape index (κ2) is 10.1. The molecule has 0 aliphatic carbocycles. The number of aromatic nitrogens is 1. The molecule has 1 heterocycles. The molecular formula is C18H29N3O2S2. The summed E-state index contributed by atoms with van der Waals surface area (Å²) < 4.78 is 0. The van der Waals surface area contributed by atoms with Gasteiger partial charge in [0.2, 0.25) is 11.8 Å². The quantitative estimate of drug-likeness (QED) is 0.637. The third-order valence-electron chi connectivity index (χ3n) is 3.34. The minimum atomic E-state index is -0.638. The molecule has 0 bridgehead atoms. The van der Waals surface area contributed by atoms with Gasteiger partial charge in [-0.2, -0.15) is 0 Å². The van der Waals surface area contributed by atoms with Crippen LogP contribution in [0.5, 0.6) is 0 Å². The molecule has 0 fully saturated rings. The molecule has 0 saturated heterocycles. The zero-order valence-corrected chi connectivity index (χ0v) is 17.5. The number of amides is 2. The molecule has 5 nitrogen and oxygen atoms in total. The Labute approximate surface area is 158 Å². The fourth-order valence-corrected chi connectivity index (χ4v) is 4.56. The fourth-order valence-electron chi connectivity index (χ4n) is 2.07. The normalized spacial score (nSPS) is 13.0. The molecule has 1 rings (SSSR count). The fraction of sp³-hybridized carbons (Fsp3) is 0.611. The van der Waals surface area contributed by atoms with Gasteiger partial charge in [0.1, 0.15) is 5.03 Å². The molecule has 0 aromatic carbocycles. The Morgan fingerprint density at radius 3 is 2.28 bits per heavy atom. The predicted molar refractivity (Wildman–Crippen MR) is 106 cm³/mol. The highest BCUT2D eigenvalue weighted by molar-refractivity contribution is 8.77. The number of nitrogens with one attached hydrogen (secondary N) is 2. The monoisotopic (exact) mass is 383 g/mol. The highest BCUT2D eigenvalue weighted by Gasteiger charge is 2.35. The zero-order chi connectivity index (χ0) is 19.0. The summed E-state index contributed by atoms with van der Waals surface area (Å²) in [6.07, 6.45) is 2.18. The molecule has 7 heteroatoms. The summed E-state index contributed by atoms with van der Waals surface area (Å²) >= 11 is 0.